The number of hydrogen-bond acceptors (Lipinski definition) is 6. The lowest BCUT2D eigenvalue weighted by molar-refractivity contribution is -0.0296. The molecule has 0 aliphatic carbocycles. The molecule has 1 atom stereocenters. The number of carbonyl (C=O) groups excluding carboxylic acids is 1. The SMILES string of the molecule is CC(O)COC(=O)OC(CO)CO. The van der Waals surface area contributed by atoms with Gasteiger partial charge >= 0.3 is 6.16 Å². The van der Waals surface area contributed by atoms with E-state index in [1.165, 1.54) is 6.92 Å². The Kier molecular flexibility index (Phi) is 6.21. The smallest absolute Gasteiger partial charge is 0.432 e. The summed E-state index contributed by atoms with van der Waals surface area (Å²) in [6, 6.07) is 0. The average molecular weight is 194 g/mol. The van der Waals surface area contributed by atoms with E-state index < -0.39 is 31.6 Å². The Bertz CT molecular complexity index is 142. The molecule has 0 bridgehead atoms. The Balaban J connectivity index is 3.60. The van der Waals surface area contributed by atoms with Gasteiger partial charge in [0.1, 0.15) is 6.61 Å². The molecule has 0 saturated carbocycles. The van der Waals surface area contributed by atoms with Crippen molar-refractivity contribution >= 4 is 6.16 Å². The predicted molar refractivity (Wildman–Crippen MR) is 42.1 cm³/mol. The fourth-order valence-corrected chi connectivity index (χ4v) is 0.491. The van der Waals surface area contributed by atoms with Crippen LogP contribution in [0.4, 0.5) is 4.79 Å². The standard InChI is InChI=1S/C7H14O6/c1-5(10)4-12-7(11)13-6(2-8)3-9/h5-6,8-10H,2-4H2,1H3. The van der Waals surface area contributed by atoms with E-state index in [1.807, 2.05) is 0 Å². The minimum absolute atomic E-state index is 0.178. The molecule has 0 saturated heterocycles. The monoisotopic (exact) mass is 194 g/mol. The first-order valence-corrected chi connectivity index (χ1v) is 3.83. The maximum absolute atomic E-state index is 10.7. The molecule has 0 aliphatic heterocycles. The molecule has 0 spiro atoms. The lowest BCUT2D eigenvalue weighted by Crippen LogP contribution is -2.27. The van der Waals surface area contributed by atoms with Crippen molar-refractivity contribution in [2.24, 2.45) is 0 Å². The van der Waals surface area contributed by atoms with Gasteiger partial charge in [0.15, 0.2) is 6.10 Å². The van der Waals surface area contributed by atoms with Gasteiger partial charge in [0.25, 0.3) is 0 Å². The molecular formula is C7H14O6. The molecule has 1 unspecified atom stereocenters. The van der Waals surface area contributed by atoms with Crippen LogP contribution in [0, 0.1) is 0 Å². The average Bonchev–Trinajstić information content (AvgIpc) is 2.10. The van der Waals surface area contributed by atoms with Gasteiger partial charge < -0.3 is 24.8 Å². The Morgan fingerprint density at radius 1 is 1.38 bits per heavy atom. The van der Waals surface area contributed by atoms with Gasteiger partial charge in [-0.3, -0.25) is 0 Å². The molecule has 0 aromatic carbocycles. The van der Waals surface area contributed by atoms with Crippen LogP contribution >= 0.6 is 0 Å². The van der Waals surface area contributed by atoms with Gasteiger partial charge in [-0.1, -0.05) is 0 Å². The lowest BCUT2D eigenvalue weighted by atomic mass is 10.4. The molecule has 6 nitrogen and oxygen atoms in total. The number of aliphatic hydroxyl groups excluding tert-OH is 3. The maximum Gasteiger partial charge on any atom is 0.508 e. The first-order chi connectivity index (χ1) is 6.10. The van der Waals surface area contributed by atoms with Crippen LogP contribution in [-0.4, -0.2) is 53.5 Å². The van der Waals surface area contributed by atoms with Crippen LogP contribution in [0.25, 0.3) is 0 Å². The van der Waals surface area contributed by atoms with Gasteiger partial charge in [0, 0.05) is 0 Å². The maximum atomic E-state index is 10.7. The van der Waals surface area contributed by atoms with Gasteiger partial charge in [0.05, 0.1) is 19.3 Å². The van der Waals surface area contributed by atoms with E-state index in [2.05, 4.69) is 9.47 Å². The van der Waals surface area contributed by atoms with Crippen LogP contribution in [0.5, 0.6) is 0 Å². The largest absolute Gasteiger partial charge is 0.508 e. The van der Waals surface area contributed by atoms with E-state index >= 15 is 0 Å². The quantitative estimate of drug-likeness (QED) is 0.479. The number of carbonyl (C=O) groups is 1. The summed E-state index contributed by atoms with van der Waals surface area (Å²) in [5.74, 6) is 0. The normalized spacial score (nSPS) is 12.7. The molecule has 3 N–H and O–H groups in total. The van der Waals surface area contributed by atoms with E-state index in [0.717, 1.165) is 0 Å². The highest BCUT2D eigenvalue weighted by Crippen LogP contribution is 1.94. The summed E-state index contributed by atoms with van der Waals surface area (Å²) in [7, 11) is 0. The number of hydrogen-bond donors (Lipinski definition) is 3. The molecule has 0 aliphatic rings. The molecule has 0 rings (SSSR count). The van der Waals surface area contributed by atoms with Gasteiger partial charge in [-0.25, -0.2) is 4.79 Å². The minimum atomic E-state index is -1.02. The first-order valence-electron chi connectivity index (χ1n) is 3.83. The molecule has 0 heterocycles. The fraction of sp³-hybridized carbons (Fsp3) is 0.857. The van der Waals surface area contributed by atoms with Crippen LogP contribution in [0.1, 0.15) is 6.92 Å². The van der Waals surface area contributed by atoms with Crippen molar-refractivity contribution in [3.05, 3.63) is 0 Å². The Morgan fingerprint density at radius 2 is 1.92 bits per heavy atom. The molecule has 0 amide bonds. The molecule has 0 fully saturated rings. The van der Waals surface area contributed by atoms with Gasteiger partial charge in [-0.05, 0) is 6.92 Å². The topological polar surface area (TPSA) is 96.2 Å². The summed E-state index contributed by atoms with van der Waals surface area (Å²) in [4.78, 5) is 10.7. The predicted octanol–water partition coefficient (Wildman–Crippen LogP) is -1.13. The zero-order valence-electron chi connectivity index (χ0n) is 7.34. The second kappa shape index (κ2) is 6.64. The van der Waals surface area contributed by atoms with Crippen molar-refractivity contribution < 1.29 is 29.6 Å². The van der Waals surface area contributed by atoms with Crippen LogP contribution in [0.15, 0.2) is 0 Å². The third-order valence-electron chi connectivity index (χ3n) is 1.11. The number of ether oxygens (including phenoxy) is 2. The summed E-state index contributed by atoms with van der Waals surface area (Å²) in [6.45, 7) is 0.325. The zero-order chi connectivity index (χ0) is 10.3. The minimum Gasteiger partial charge on any atom is -0.432 e. The van der Waals surface area contributed by atoms with Crippen molar-refractivity contribution in [2.45, 2.75) is 19.1 Å². The molecule has 13 heavy (non-hydrogen) atoms. The van der Waals surface area contributed by atoms with Crippen LogP contribution in [0.2, 0.25) is 0 Å². The third kappa shape index (κ3) is 6.32. The van der Waals surface area contributed by atoms with E-state index in [-0.39, 0.29) is 6.61 Å². The summed E-state index contributed by atoms with van der Waals surface area (Å²) in [5, 5.41) is 25.7. The second-order valence-corrected chi connectivity index (χ2v) is 2.52. The van der Waals surface area contributed by atoms with Crippen molar-refractivity contribution in [3.8, 4) is 0 Å². The van der Waals surface area contributed by atoms with Gasteiger partial charge in [-0.15, -0.1) is 0 Å². The molecular weight excluding hydrogens is 180 g/mol. The summed E-state index contributed by atoms with van der Waals surface area (Å²) < 4.78 is 8.83. The first kappa shape index (κ1) is 12.2. The summed E-state index contributed by atoms with van der Waals surface area (Å²) in [5.41, 5.74) is 0. The summed E-state index contributed by atoms with van der Waals surface area (Å²) >= 11 is 0. The van der Waals surface area contributed by atoms with Crippen molar-refractivity contribution in [1.82, 2.24) is 0 Å². The molecule has 6 heteroatoms. The third-order valence-corrected chi connectivity index (χ3v) is 1.11. The van der Waals surface area contributed by atoms with E-state index in [4.69, 9.17) is 15.3 Å². The van der Waals surface area contributed by atoms with Crippen LogP contribution in [0.3, 0.4) is 0 Å². The highest BCUT2D eigenvalue weighted by Gasteiger charge is 2.13. The summed E-state index contributed by atoms with van der Waals surface area (Å²) in [6.07, 6.45) is -2.76. The van der Waals surface area contributed by atoms with Gasteiger partial charge in [0.2, 0.25) is 0 Å². The highest BCUT2D eigenvalue weighted by molar-refractivity contribution is 5.60. The zero-order valence-corrected chi connectivity index (χ0v) is 7.34. The van der Waals surface area contributed by atoms with Crippen LogP contribution in [-0.2, 0) is 9.47 Å². The van der Waals surface area contributed by atoms with Crippen LogP contribution < -0.4 is 0 Å². The Morgan fingerprint density at radius 3 is 2.31 bits per heavy atom. The van der Waals surface area contributed by atoms with E-state index in [1.54, 1.807) is 0 Å². The molecule has 78 valence electrons. The molecule has 0 aromatic heterocycles. The fourth-order valence-electron chi connectivity index (χ4n) is 0.491. The number of rotatable bonds is 5. The highest BCUT2D eigenvalue weighted by atomic mass is 16.7. The van der Waals surface area contributed by atoms with E-state index in [0.29, 0.717) is 0 Å². The second-order valence-electron chi connectivity index (χ2n) is 2.52. The van der Waals surface area contributed by atoms with Crippen molar-refractivity contribution in [1.29, 1.82) is 0 Å². The Hall–Kier alpha value is -0.850. The number of aliphatic hydroxyl groups is 3. The Labute approximate surface area is 75.7 Å². The van der Waals surface area contributed by atoms with Gasteiger partial charge in [-0.2, -0.15) is 0 Å². The lowest BCUT2D eigenvalue weighted by Gasteiger charge is -2.12. The molecule has 0 radical (unpaired) electrons. The van der Waals surface area contributed by atoms with E-state index in [9.17, 15) is 4.79 Å². The van der Waals surface area contributed by atoms with Crippen molar-refractivity contribution in [2.75, 3.05) is 19.8 Å². The molecule has 0 aromatic rings. The van der Waals surface area contributed by atoms with Crippen molar-refractivity contribution in [3.63, 3.8) is 0 Å².